The third-order valence-electron chi connectivity index (χ3n) is 10.5. The highest BCUT2D eigenvalue weighted by Gasteiger charge is 2.21. The van der Waals surface area contributed by atoms with Crippen molar-refractivity contribution in [3.63, 3.8) is 0 Å². The van der Waals surface area contributed by atoms with Crippen molar-refractivity contribution in [1.82, 2.24) is 19.1 Å². The fourth-order valence-electron chi connectivity index (χ4n) is 8.20. The zero-order chi connectivity index (χ0) is 34.2. The highest BCUT2D eigenvalue weighted by molar-refractivity contribution is 6.28. The number of hydrogen-bond donors (Lipinski definition) is 0. The zero-order valence-corrected chi connectivity index (χ0v) is 28.1. The smallest absolute Gasteiger partial charge is 0.160 e. The van der Waals surface area contributed by atoms with Gasteiger partial charge in [0.1, 0.15) is 0 Å². The van der Waals surface area contributed by atoms with E-state index in [1.54, 1.807) is 0 Å². The summed E-state index contributed by atoms with van der Waals surface area (Å²) in [7, 11) is 0. The molecule has 11 aromatic rings. The first-order valence-electron chi connectivity index (χ1n) is 17.7. The summed E-state index contributed by atoms with van der Waals surface area (Å²) in [5, 5.41) is 8.44. The minimum Gasteiger partial charge on any atom is -0.309 e. The van der Waals surface area contributed by atoms with Gasteiger partial charge in [0.2, 0.25) is 0 Å². The van der Waals surface area contributed by atoms with Crippen LogP contribution in [0.15, 0.2) is 182 Å². The van der Waals surface area contributed by atoms with E-state index < -0.39 is 0 Å². The van der Waals surface area contributed by atoms with E-state index >= 15 is 0 Å². The number of rotatable bonds is 4. The molecule has 0 aliphatic carbocycles. The van der Waals surface area contributed by atoms with Gasteiger partial charge in [-0.25, -0.2) is 9.97 Å². The molecule has 4 heteroatoms. The van der Waals surface area contributed by atoms with Crippen LogP contribution in [0.25, 0.3) is 99.3 Å². The van der Waals surface area contributed by atoms with Gasteiger partial charge in [-0.05, 0) is 71.4 Å². The van der Waals surface area contributed by atoms with Crippen LogP contribution in [-0.4, -0.2) is 19.1 Å². The summed E-state index contributed by atoms with van der Waals surface area (Å²) in [4.78, 5) is 10.4. The molecule has 0 spiro atoms. The predicted molar refractivity (Wildman–Crippen MR) is 217 cm³/mol. The number of para-hydroxylation sites is 4. The molecule has 3 aromatic heterocycles. The van der Waals surface area contributed by atoms with Gasteiger partial charge in [0.05, 0.1) is 33.3 Å². The molecule has 0 fully saturated rings. The Balaban J connectivity index is 1.14. The van der Waals surface area contributed by atoms with E-state index in [0.717, 1.165) is 50.1 Å². The largest absolute Gasteiger partial charge is 0.309 e. The quantitative estimate of drug-likeness (QED) is 0.188. The topological polar surface area (TPSA) is 35.6 Å². The molecular weight excluding hydrogens is 633 g/mol. The maximum Gasteiger partial charge on any atom is 0.160 e. The lowest BCUT2D eigenvalue weighted by molar-refractivity contribution is 1.17. The molecule has 4 nitrogen and oxygen atoms in total. The fraction of sp³-hybridized carbons (Fsp3) is 0. The van der Waals surface area contributed by atoms with E-state index in [4.69, 9.17) is 9.97 Å². The monoisotopic (exact) mass is 662 g/mol. The van der Waals surface area contributed by atoms with E-state index in [-0.39, 0.29) is 0 Å². The lowest BCUT2D eigenvalue weighted by Gasteiger charge is -2.12. The number of aromatic nitrogens is 4. The minimum absolute atomic E-state index is 0.706. The Morgan fingerprint density at radius 2 is 0.942 bits per heavy atom. The summed E-state index contributed by atoms with van der Waals surface area (Å²) in [6, 6.07) is 64.8. The molecule has 0 aliphatic rings. The van der Waals surface area contributed by atoms with Crippen molar-refractivity contribution < 1.29 is 0 Å². The highest BCUT2D eigenvalue weighted by Crippen LogP contribution is 2.42. The van der Waals surface area contributed by atoms with Crippen molar-refractivity contribution in [2.75, 3.05) is 0 Å². The standard InChI is InChI=1S/C48H30N4/c1-2-16-35(17-3-1)51-41-23-10-7-20-38(41)45-43(51)27-28-44-46(45)39-21-8-11-24-42(39)52(44)36-18-12-15-34(30-36)48-49-40-22-9-6-19-37(40)47(50-48)33-26-25-31-13-4-5-14-32(31)29-33/h1-30H. The average Bonchev–Trinajstić information content (AvgIpc) is 3.73. The van der Waals surface area contributed by atoms with Gasteiger partial charge in [0, 0.05) is 49.4 Å². The average molecular weight is 663 g/mol. The van der Waals surface area contributed by atoms with E-state index in [1.165, 1.54) is 43.4 Å². The van der Waals surface area contributed by atoms with Crippen LogP contribution in [-0.2, 0) is 0 Å². The maximum absolute atomic E-state index is 5.28. The molecular formula is C48H30N4. The Labute approximate surface area is 299 Å². The summed E-state index contributed by atoms with van der Waals surface area (Å²) < 4.78 is 4.79. The third kappa shape index (κ3) is 4.28. The third-order valence-corrected chi connectivity index (χ3v) is 10.5. The first-order valence-corrected chi connectivity index (χ1v) is 17.7. The van der Waals surface area contributed by atoms with Crippen LogP contribution in [0.5, 0.6) is 0 Å². The van der Waals surface area contributed by atoms with Gasteiger partial charge in [-0.1, -0.05) is 121 Å². The molecule has 242 valence electrons. The number of benzene rings is 8. The second-order valence-corrected chi connectivity index (χ2v) is 13.4. The van der Waals surface area contributed by atoms with Crippen LogP contribution in [0.3, 0.4) is 0 Å². The molecule has 8 aromatic carbocycles. The summed E-state index contributed by atoms with van der Waals surface area (Å²) in [6.45, 7) is 0. The fourth-order valence-corrected chi connectivity index (χ4v) is 8.20. The maximum atomic E-state index is 5.28. The summed E-state index contributed by atoms with van der Waals surface area (Å²) in [6.07, 6.45) is 0. The van der Waals surface area contributed by atoms with E-state index in [1.807, 2.05) is 6.07 Å². The van der Waals surface area contributed by atoms with Gasteiger partial charge in [0.15, 0.2) is 5.82 Å². The van der Waals surface area contributed by atoms with Crippen LogP contribution in [0.4, 0.5) is 0 Å². The van der Waals surface area contributed by atoms with Crippen LogP contribution in [0.1, 0.15) is 0 Å². The van der Waals surface area contributed by atoms with Crippen LogP contribution >= 0.6 is 0 Å². The molecule has 0 radical (unpaired) electrons. The lowest BCUT2D eigenvalue weighted by atomic mass is 10.0. The molecule has 0 N–H and O–H groups in total. The van der Waals surface area contributed by atoms with Gasteiger partial charge in [-0.3, -0.25) is 0 Å². The molecule has 11 rings (SSSR count). The van der Waals surface area contributed by atoms with Gasteiger partial charge in [0.25, 0.3) is 0 Å². The Bertz CT molecular complexity index is 3190. The summed E-state index contributed by atoms with van der Waals surface area (Å²) in [5.74, 6) is 0.706. The van der Waals surface area contributed by atoms with Crippen molar-refractivity contribution in [2.45, 2.75) is 0 Å². The SMILES string of the molecule is c1ccc(-n2c3ccccc3c3c4c5ccccc5n(-c5cccc(-c6nc(-c7ccc8ccccc8c7)c7ccccc7n6)c5)c4ccc32)cc1. The van der Waals surface area contributed by atoms with E-state index in [9.17, 15) is 0 Å². The highest BCUT2D eigenvalue weighted by atomic mass is 15.0. The van der Waals surface area contributed by atoms with Gasteiger partial charge < -0.3 is 9.13 Å². The van der Waals surface area contributed by atoms with Gasteiger partial charge in [-0.2, -0.15) is 0 Å². The van der Waals surface area contributed by atoms with Crippen LogP contribution in [0, 0.1) is 0 Å². The Hall–Kier alpha value is -7.04. The second-order valence-electron chi connectivity index (χ2n) is 13.4. The summed E-state index contributed by atoms with van der Waals surface area (Å²) >= 11 is 0. The lowest BCUT2D eigenvalue weighted by Crippen LogP contribution is -1.98. The van der Waals surface area contributed by atoms with Crippen molar-refractivity contribution in [3.05, 3.63) is 182 Å². The number of nitrogens with zero attached hydrogens (tertiary/aromatic N) is 4. The molecule has 0 bridgehead atoms. The predicted octanol–water partition coefficient (Wildman–Crippen LogP) is 12.3. The molecule has 52 heavy (non-hydrogen) atoms. The van der Waals surface area contributed by atoms with Crippen molar-refractivity contribution in [1.29, 1.82) is 0 Å². The molecule has 0 unspecified atom stereocenters. The molecule has 0 aliphatic heterocycles. The van der Waals surface area contributed by atoms with Gasteiger partial charge >= 0.3 is 0 Å². The van der Waals surface area contributed by atoms with Crippen LogP contribution < -0.4 is 0 Å². The zero-order valence-electron chi connectivity index (χ0n) is 28.1. The number of hydrogen-bond acceptors (Lipinski definition) is 2. The first kappa shape index (κ1) is 28.8. The number of fused-ring (bicyclic) bond motifs is 9. The molecule has 3 heterocycles. The van der Waals surface area contributed by atoms with Gasteiger partial charge in [-0.15, -0.1) is 0 Å². The van der Waals surface area contributed by atoms with E-state index in [0.29, 0.717) is 5.82 Å². The van der Waals surface area contributed by atoms with Crippen molar-refractivity contribution in [2.24, 2.45) is 0 Å². The Kier molecular flexibility index (Phi) is 6.22. The van der Waals surface area contributed by atoms with E-state index in [2.05, 4.69) is 185 Å². The molecule has 0 saturated heterocycles. The first-order chi connectivity index (χ1) is 25.8. The van der Waals surface area contributed by atoms with Crippen molar-refractivity contribution >= 4 is 65.3 Å². The Morgan fingerprint density at radius 1 is 0.346 bits per heavy atom. The summed E-state index contributed by atoms with van der Waals surface area (Å²) in [5.41, 5.74) is 10.9. The molecule has 0 atom stereocenters. The second kappa shape index (κ2) is 11.2. The van der Waals surface area contributed by atoms with Crippen molar-refractivity contribution in [3.8, 4) is 34.0 Å². The van der Waals surface area contributed by atoms with Crippen LogP contribution in [0.2, 0.25) is 0 Å². The minimum atomic E-state index is 0.706. The Morgan fingerprint density at radius 3 is 1.69 bits per heavy atom. The molecule has 0 saturated carbocycles. The normalized spacial score (nSPS) is 11.8. The molecule has 0 amide bonds.